The molecular formula is C11H20O4. The lowest BCUT2D eigenvalue weighted by molar-refractivity contribution is -0.151. The van der Waals surface area contributed by atoms with Crippen molar-refractivity contribution in [2.75, 3.05) is 6.61 Å². The third kappa shape index (κ3) is 8.12. The van der Waals surface area contributed by atoms with E-state index in [0.29, 0.717) is 12.4 Å². The van der Waals surface area contributed by atoms with Gasteiger partial charge in [0.05, 0.1) is 6.61 Å². The van der Waals surface area contributed by atoms with Gasteiger partial charge in [-0.3, -0.25) is 4.79 Å². The summed E-state index contributed by atoms with van der Waals surface area (Å²) in [5.41, 5.74) is 0. The van der Waals surface area contributed by atoms with E-state index in [9.17, 15) is 9.59 Å². The van der Waals surface area contributed by atoms with E-state index in [0.717, 1.165) is 25.7 Å². The van der Waals surface area contributed by atoms with Crippen molar-refractivity contribution in [1.82, 2.24) is 0 Å². The molecule has 0 saturated heterocycles. The van der Waals surface area contributed by atoms with E-state index in [2.05, 4.69) is 4.74 Å². The van der Waals surface area contributed by atoms with Gasteiger partial charge in [-0.25, -0.2) is 4.79 Å². The van der Waals surface area contributed by atoms with Crippen molar-refractivity contribution in [2.45, 2.75) is 52.1 Å². The van der Waals surface area contributed by atoms with E-state index in [1.807, 2.05) is 0 Å². The van der Waals surface area contributed by atoms with Gasteiger partial charge in [-0.15, -0.1) is 0 Å². The van der Waals surface area contributed by atoms with E-state index < -0.39 is 12.1 Å². The van der Waals surface area contributed by atoms with E-state index in [1.165, 1.54) is 13.3 Å². The predicted molar refractivity (Wildman–Crippen MR) is 56.4 cm³/mol. The molecule has 1 rings (SSSR count). The van der Waals surface area contributed by atoms with Gasteiger partial charge in [0.15, 0.2) is 0 Å². The lowest BCUT2D eigenvalue weighted by Gasteiger charge is -2.05. The van der Waals surface area contributed by atoms with Crippen LogP contribution in [0.2, 0.25) is 0 Å². The summed E-state index contributed by atoms with van der Waals surface area (Å²) in [6, 6.07) is 0. The van der Waals surface area contributed by atoms with Crippen molar-refractivity contribution >= 4 is 11.8 Å². The number of rotatable bonds is 2. The maximum atomic E-state index is 10.5. The fourth-order valence-electron chi connectivity index (χ4n) is 1.21. The fraction of sp³-hybridized carbons (Fsp3) is 0.818. The molecule has 4 heteroatoms. The van der Waals surface area contributed by atoms with Gasteiger partial charge in [0.25, 0.3) is 0 Å². The van der Waals surface area contributed by atoms with Crippen molar-refractivity contribution < 1.29 is 19.4 Å². The quantitative estimate of drug-likeness (QED) is 0.709. The van der Waals surface area contributed by atoms with Crippen molar-refractivity contribution in [3.05, 3.63) is 0 Å². The highest BCUT2D eigenvalue weighted by Crippen LogP contribution is 2.12. The Morgan fingerprint density at radius 1 is 1.40 bits per heavy atom. The van der Waals surface area contributed by atoms with E-state index >= 15 is 0 Å². The Balaban J connectivity index is 0.000000262. The van der Waals surface area contributed by atoms with Crippen molar-refractivity contribution in [3.8, 4) is 0 Å². The summed E-state index contributed by atoms with van der Waals surface area (Å²) >= 11 is 0. The minimum Gasteiger partial charge on any atom is -0.464 e. The predicted octanol–water partition coefficient (Wildman–Crippen LogP) is 1.45. The first-order valence-corrected chi connectivity index (χ1v) is 5.44. The molecule has 4 nitrogen and oxygen atoms in total. The number of Topliss-reactive ketones (excluding diaryl/α,β-unsaturated/α-hetero) is 1. The molecule has 1 aliphatic carbocycles. The lowest BCUT2D eigenvalue weighted by Crippen LogP contribution is -2.18. The Morgan fingerprint density at radius 3 is 2.13 bits per heavy atom. The number of aliphatic hydroxyl groups excluding tert-OH is 1. The molecule has 0 aromatic rings. The molecule has 0 heterocycles. The maximum absolute atomic E-state index is 10.5. The molecule has 0 aromatic heterocycles. The summed E-state index contributed by atoms with van der Waals surface area (Å²) in [6.07, 6.45) is 4.25. The maximum Gasteiger partial charge on any atom is 0.334 e. The van der Waals surface area contributed by atoms with Crippen molar-refractivity contribution in [3.63, 3.8) is 0 Å². The van der Waals surface area contributed by atoms with E-state index in [4.69, 9.17) is 5.11 Å². The third-order valence-corrected chi connectivity index (χ3v) is 2.04. The summed E-state index contributed by atoms with van der Waals surface area (Å²) in [6.45, 7) is 3.39. The molecule has 0 aliphatic heterocycles. The smallest absolute Gasteiger partial charge is 0.334 e. The topological polar surface area (TPSA) is 63.6 Å². The van der Waals surface area contributed by atoms with Crippen LogP contribution < -0.4 is 0 Å². The largest absolute Gasteiger partial charge is 0.464 e. The van der Waals surface area contributed by atoms with Crippen LogP contribution in [0.1, 0.15) is 46.0 Å². The Morgan fingerprint density at radius 2 is 1.93 bits per heavy atom. The zero-order valence-electron chi connectivity index (χ0n) is 9.49. The number of ketones is 1. The molecule has 0 aromatic carbocycles. The average Bonchev–Trinajstić information content (AvgIpc) is 2.20. The summed E-state index contributed by atoms with van der Waals surface area (Å²) in [7, 11) is 0. The van der Waals surface area contributed by atoms with Crippen molar-refractivity contribution in [1.29, 1.82) is 0 Å². The van der Waals surface area contributed by atoms with Crippen LogP contribution in [-0.4, -0.2) is 29.6 Å². The number of carbonyl (C=O) groups excluding carboxylic acids is 2. The summed E-state index contributed by atoms with van der Waals surface area (Å²) < 4.78 is 4.41. The molecule has 1 atom stereocenters. The molecule has 0 bridgehead atoms. The summed E-state index contributed by atoms with van der Waals surface area (Å²) in [5, 5.41) is 8.48. The highest BCUT2D eigenvalue weighted by atomic mass is 16.5. The van der Waals surface area contributed by atoms with Crippen LogP contribution in [0.15, 0.2) is 0 Å². The Bertz CT molecular complexity index is 191. The van der Waals surface area contributed by atoms with E-state index in [1.54, 1.807) is 6.92 Å². The van der Waals surface area contributed by atoms with Crippen LogP contribution >= 0.6 is 0 Å². The Hall–Kier alpha value is -0.900. The van der Waals surface area contributed by atoms with Crippen LogP contribution in [-0.2, 0) is 14.3 Å². The van der Waals surface area contributed by atoms with Crippen LogP contribution in [0.4, 0.5) is 0 Å². The van der Waals surface area contributed by atoms with Gasteiger partial charge in [-0.2, -0.15) is 0 Å². The van der Waals surface area contributed by atoms with Gasteiger partial charge in [0.2, 0.25) is 0 Å². The van der Waals surface area contributed by atoms with Gasteiger partial charge >= 0.3 is 5.97 Å². The Labute approximate surface area is 90.6 Å². The second-order valence-corrected chi connectivity index (χ2v) is 3.53. The molecule has 0 radical (unpaired) electrons. The molecule has 0 amide bonds. The van der Waals surface area contributed by atoms with Gasteiger partial charge in [-0.05, 0) is 26.7 Å². The molecule has 15 heavy (non-hydrogen) atoms. The number of hydrogen-bond donors (Lipinski definition) is 1. The first kappa shape index (κ1) is 14.1. The molecule has 88 valence electrons. The second kappa shape index (κ2) is 8.41. The molecule has 1 fully saturated rings. The van der Waals surface area contributed by atoms with Crippen LogP contribution in [0.25, 0.3) is 0 Å². The van der Waals surface area contributed by atoms with E-state index in [-0.39, 0.29) is 0 Å². The third-order valence-electron chi connectivity index (χ3n) is 2.04. The number of carbonyl (C=O) groups is 2. The van der Waals surface area contributed by atoms with Crippen molar-refractivity contribution in [2.24, 2.45) is 0 Å². The normalized spacial score (nSPS) is 17.4. The van der Waals surface area contributed by atoms with Gasteiger partial charge in [0, 0.05) is 12.8 Å². The average molecular weight is 216 g/mol. The molecule has 0 spiro atoms. The fourth-order valence-corrected chi connectivity index (χ4v) is 1.21. The molecule has 1 unspecified atom stereocenters. The molecule has 1 saturated carbocycles. The van der Waals surface area contributed by atoms with Gasteiger partial charge in [0.1, 0.15) is 11.9 Å². The summed E-state index contributed by atoms with van der Waals surface area (Å²) in [4.78, 5) is 20.7. The highest BCUT2D eigenvalue weighted by Gasteiger charge is 2.07. The summed E-state index contributed by atoms with van der Waals surface area (Å²) in [5.74, 6) is -0.0984. The minimum atomic E-state index is -0.991. The van der Waals surface area contributed by atoms with Crippen LogP contribution in [0.5, 0.6) is 0 Å². The van der Waals surface area contributed by atoms with Crippen LogP contribution in [0, 0.1) is 0 Å². The molecular weight excluding hydrogens is 196 g/mol. The first-order valence-electron chi connectivity index (χ1n) is 5.44. The second-order valence-electron chi connectivity index (χ2n) is 3.53. The number of esters is 1. The standard InChI is InChI=1S/C6H10O.C5H10O3/c7-6-4-2-1-3-5-6;1-3-8-5(7)4(2)6/h1-5H2;4,6H,3H2,1-2H3. The SMILES string of the molecule is CCOC(=O)C(C)O.O=C1CCCCC1. The number of hydrogen-bond acceptors (Lipinski definition) is 4. The zero-order chi connectivity index (χ0) is 11.7. The van der Waals surface area contributed by atoms with Gasteiger partial charge in [-0.1, -0.05) is 6.42 Å². The number of ether oxygens (including phenoxy) is 1. The minimum absolute atomic E-state index is 0.323. The molecule has 1 N–H and O–H groups in total. The first-order chi connectivity index (χ1) is 7.07. The molecule has 1 aliphatic rings. The number of aliphatic hydroxyl groups is 1. The van der Waals surface area contributed by atoms with Crippen LogP contribution in [0.3, 0.4) is 0 Å². The Kier molecular flexibility index (Phi) is 7.91. The highest BCUT2D eigenvalue weighted by molar-refractivity contribution is 5.78. The zero-order valence-corrected chi connectivity index (χ0v) is 9.49. The van der Waals surface area contributed by atoms with Gasteiger partial charge < -0.3 is 9.84 Å². The monoisotopic (exact) mass is 216 g/mol. The lowest BCUT2D eigenvalue weighted by atomic mass is 10.00.